The molecule has 10 atom stereocenters. The molecule has 0 fully saturated rings. The fourth-order valence-electron chi connectivity index (χ4n) is 12.0. The van der Waals surface area contributed by atoms with Crippen molar-refractivity contribution in [2.24, 2.45) is 11.1 Å². The Labute approximate surface area is 566 Å². The average molecular weight is 1310 g/mol. The van der Waals surface area contributed by atoms with Crippen molar-refractivity contribution in [1.82, 2.24) is 0 Å². The molecule has 17 nitrogen and oxygen atoms in total. The van der Waals surface area contributed by atoms with E-state index in [0.717, 1.165) is 22.7 Å². The first kappa shape index (κ1) is 80.7. The Bertz CT molecular complexity index is 2880. The highest BCUT2D eigenvalue weighted by Gasteiger charge is 2.45. The van der Waals surface area contributed by atoms with E-state index in [9.17, 15) is 19.2 Å². The third-order valence-electron chi connectivity index (χ3n) is 18.7. The maximum Gasteiger partial charge on any atom is 0.338 e. The second-order valence-corrected chi connectivity index (χ2v) is 28.9. The van der Waals surface area contributed by atoms with Gasteiger partial charge in [-0.2, -0.15) is 0 Å². The van der Waals surface area contributed by atoms with Crippen molar-refractivity contribution in [3.63, 3.8) is 0 Å². The molecule has 0 saturated heterocycles. The van der Waals surface area contributed by atoms with Crippen LogP contribution in [0.3, 0.4) is 0 Å². The topological polar surface area (TPSA) is 181 Å². The molecule has 0 amide bonds. The molecule has 17 heteroatoms. The van der Waals surface area contributed by atoms with Crippen molar-refractivity contribution >= 4 is 46.1 Å². The number of carbonyl (C=O) groups is 4. The summed E-state index contributed by atoms with van der Waals surface area (Å²) in [5, 5.41) is 0. The van der Waals surface area contributed by atoms with Gasteiger partial charge in [0, 0.05) is 122 Å². The van der Waals surface area contributed by atoms with Crippen LogP contribution in [0.25, 0.3) is 0 Å². The predicted molar refractivity (Wildman–Crippen MR) is 383 cm³/mol. The van der Waals surface area contributed by atoms with Crippen molar-refractivity contribution in [2.75, 3.05) is 102 Å². The van der Waals surface area contributed by atoms with Gasteiger partial charge in [0.1, 0.15) is 29.1 Å². The number of hydrogen-bond acceptors (Lipinski definition) is 17. The summed E-state index contributed by atoms with van der Waals surface area (Å²) in [6, 6.07) is 29.9. The van der Waals surface area contributed by atoms with Crippen LogP contribution in [0.15, 0.2) is 97.1 Å². The normalized spacial score (nSPS) is 16.9. The van der Waals surface area contributed by atoms with Crippen LogP contribution < -0.4 is 25.3 Å². The smallest absolute Gasteiger partial charge is 0.338 e. The molecule has 4 rings (SSSR count). The van der Waals surface area contributed by atoms with Gasteiger partial charge in [-0.25, -0.2) is 4.79 Å². The first-order valence-corrected chi connectivity index (χ1v) is 34.1. The Hall–Kier alpha value is -5.76. The number of anilines is 4. The Morgan fingerprint density at radius 3 is 1.18 bits per heavy atom. The summed E-state index contributed by atoms with van der Waals surface area (Å²) in [7, 11) is 15.7. The molecule has 0 aliphatic carbocycles. The minimum atomic E-state index is -1.33. The van der Waals surface area contributed by atoms with E-state index in [-0.39, 0.29) is 50.2 Å². The molecule has 4 aromatic rings. The third-order valence-corrected chi connectivity index (χ3v) is 18.7. The molecule has 0 aliphatic rings. The lowest BCUT2D eigenvalue weighted by atomic mass is 9.87. The van der Waals surface area contributed by atoms with E-state index in [0.29, 0.717) is 73.6 Å². The number of esters is 1. The lowest BCUT2D eigenvalue weighted by Crippen LogP contribution is -2.53. The van der Waals surface area contributed by atoms with Gasteiger partial charge in [0.05, 0.1) is 72.5 Å². The number of ketones is 3. The number of nitrogens with zero attached hydrogens (tertiary/aromatic N) is 4. The number of rotatable bonds is 43. The lowest BCUT2D eigenvalue weighted by molar-refractivity contribution is -0.209. The molecule has 0 saturated carbocycles. The summed E-state index contributed by atoms with van der Waals surface area (Å²) < 4.78 is 55.1. The zero-order valence-electron chi connectivity index (χ0n) is 62.1. The second kappa shape index (κ2) is 35.0. The first-order valence-electron chi connectivity index (χ1n) is 34.1. The second-order valence-electron chi connectivity index (χ2n) is 28.9. The van der Waals surface area contributed by atoms with Gasteiger partial charge in [-0.05, 0) is 205 Å². The van der Waals surface area contributed by atoms with Gasteiger partial charge < -0.3 is 63.2 Å². The molecule has 94 heavy (non-hydrogen) atoms. The van der Waals surface area contributed by atoms with E-state index in [1.54, 1.807) is 19.1 Å². The SMILES string of the molecule is CCC(C)(CC(C)OC(=O)c1ccc(N(C)C)cc1)OCC(COC(C)(C)CC(C)OC(C)(CC)C(=O)c1ccc(N(C)C)cc1)(COC(C)(N)CC(C)OC(C)(CC)C(=O)c1ccc(N(C)C)cc1)COC(CC)(CC)CC(C)OC(C)C(=O)c1ccc(N(C)C)cc1. The highest BCUT2D eigenvalue weighted by Crippen LogP contribution is 2.38. The van der Waals surface area contributed by atoms with E-state index in [4.69, 9.17) is 43.6 Å². The zero-order chi connectivity index (χ0) is 70.8. The van der Waals surface area contributed by atoms with Gasteiger partial charge in [0.2, 0.25) is 0 Å². The van der Waals surface area contributed by atoms with Crippen molar-refractivity contribution < 1.29 is 57.1 Å². The average Bonchev–Trinajstić information content (AvgIpc) is 0.836. The molecule has 0 spiro atoms. The van der Waals surface area contributed by atoms with E-state index in [2.05, 4.69) is 20.8 Å². The Morgan fingerprint density at radius 1 is 0.415 bits per heavy atom. The van der Waals surface area contributed by atoms with Crippen molar-refractivity contribution in [2.45, 2.75) is 233 Å². The van der Waals surface area contributed by atoms with Gasteiger partial charge in [-0.3, -0.25) is 14.4 Å². The van der Waals surface area contributed by atoms with E-state index < -0.39 is 75.6 Å². The summed E-state index contributed by atoms with van der Waals surface area (Å²) in [5.41, 5.74) is 6.16. The molecule has 0 bridgehead atoms. The van der Waals surface area contributed by atoms with Crippen LogP contribution in [-0.4, -0.2) is 170 Å². The van der Waals surface area contributed by atoms with Gasteiger partial charge in [-0.15, -0.1) is 0 Å². The molecule has 0 aromatic heterocycles. The number of nitrogens with two attached hydrogens (primary N) is 1. The van der Waals surface area contributed by atoms with Crippen LogP contribution >= 0.6 is 0 Å². The van der Waals surface area contributed by atoms with E-state index in [1.165, 1.54) is 0 Å². The maximum absolute atomic E-state index is 14.3. The standard InChI is InChI=1S/C77H121N5O12/c1-25-72(13,47-54(6)92-70(86)62-36-44-66(45-37-62)82(23)24)88-51-76(50-87-71(11,12)46-56(8)93-73(14,26-2)68(84)60-32-40-64(41-33-60)80(19)20,52-89-75(16,78)48-57(9)94-74(15,27-3)69(85)61-34-42-65(43-35-61)81(21)22)53-90-77(28-4,29-5)49-55(7)91-58(10)67(83)59-30-38-63(39-31-59)79(17)18/h30-45,54-58H,25-29,46-53,78H2,1-24H3. The molecule has 0 heterocycles. The lowest BCUT2D eigenvalue weighted by Gasteiger charge is -2.44. The van der Waals surface area contributed by atoms with Crippen LogP contribution in [-0.2, 0) is 37.9 Å². The van der Waals surface area contributed by atoms with Gasteiger partial charge in [0.15, 0.2) is 17.3 Å². The minimum Gasteiger partial charge on any atom is -0.459 e. The number of Topliss-reactive ketones (excluding diaryl/α,β-unsaturated/α-hetero) is 3. The van der Waals surface area contributed by atoms with Crippen molar-refractivity contribution in [3.8, 4) is 0 Å². The predicted octanol–water partition coefficient (Wildman–Crippen LogP) is 14.9. The Kier molecular flexibility index (Phi) is 30.0. The molecule has 2 N–H and O–H groups in total. The monoisotopic (exact) mass is 1310 g/mol. The highest BCUT2D eigenvalue weighted by molar-refractivity contribution is 6.03. The number of ether oxygens (including phenoxy) is 8. The summed E-state index contributed by atoms with van der Waals surface area (Å²) in [6.07, 6.45) is 1.38. The highest BCUT2D eigenvalue weighted by atomic mass is 16.6. The molecule has 4 aromatic carbocycles. The van der Waals surface area contributed by atoms with Crippen LogP contribution in [0.1, 0.15) is 210 Å². The molecule has 0 radical (unpaired) electrons. The fourth-order valence-corrected chi connectivity index (χ4v) is 12.0. The van der Waals surface area contributed by atoms with Gasteiger partial charge in [0.25, 0.3) is 0 Å². The quantitative estimate of drug-likeness (QED) is 0.0251. The minimum absolute atomic E-state index is 0.0208. The van der Waals surface area contributed by atoms with E-state index in [1.807, 2.05) is 244 Å². The fraction of sp³-hybridized carbons (Fsp3) is 0.636. The van der Waals surface area contributed by atoms with Crippen molar-refractivity contribution in [3.05, 3.63) is 119 Å². The van der Waals surface area contributed by atoms with Crippen molar-refractivity contribution in [1.29, 1.82) is 0 Å². The number of benzene rings is 4. The summed E-state index contributed by atoms with van der Waals surface area (Å²) in [5.74, 6) is -0.780. The maximum atomic E-state index is 14.3. The third kappa shape index (κ3) is 23.5. The number of carbonyl (C=O) groups excluding carboxylic acids is 4. The molecular formula is C77H121N5O12. The summed E-state index contributed by atoms with van der Waals surface area (Å²) in [4.78, 5) is 64.0. The molecule has 0 aliphatic heterocycles. The van der Waals surface area contributed by atoms with E-state index >= 15 is 0 Å². The van der Waals surface area contributed by atoms with Gasteiger partial charge >= 0.3 is 5.97 Å². The number of hydrogen-bond donors (Lipinski definition) is 1. The molecular weight excluding hydrogens is 1190 g/mol. The Morgan fingerprint density at radius 2 is 0.787 bits per heavy atom. The van der Waals surface area contributed by atoms with Gasteiger partial charge in [-0.1, -0.05) is 34.6 Å². The first-order chi connectivity index (χ1) is 43.8. The molecule has 10 unspecified atom stereocenters. The largest absolute Gasteiger partial charge is 0.459 e. The zero-order valence-corrected chi connectivity index (χ0v) is 62.1. The van der Waals surface area contributed by atoms with Crippen LogP contribution in [0, 0.1) is 5.41 Å². The van der Waals surface area contributed by atoms with Crippen LogP contribution in [0.4, 0.5) is 22.7 Å². The summed E-state index contributed by atoms with van der Waals surface area (Å²) >= 11 is 0. The molecule has 526 valence electrons. The Balaban J connectivity index is 1.78. The summed E-state index contributed by atoms with van der Waals surface area (Å²) in [6.45, 7) is 31.4. The van der Waals surface area contributed by atoms with Crippen LogP contribution in [0.2, 0.25) is 0 Å². The van der Waals surface area contributed by atoms with Crippen LogP contribution in [0.5, 0.6) is 0 Å².